The first-order valence-corrected chi connectivity index (χ1v) is 9.03. The summed E-state index contributed by atoms with van der Waals surface area (Å²) in [6, 6.07) is 8.18. The Kier molecular flexibility index (Phi) is 5.26. The molecule has 0 amide bonds. The maximum Gasteiger partial charge on any atom is 0.341 e. The molecule has 0 aliphatic rings. The molecule has 0 unspecified atom stereocenters. The van der Waals surface area contributed by atoms with E-state index in [1.165, 1.54) is 7.11 Å². The SMILES string of the molecule is CCCc1oc(CS(=O)(=O)c2ccccc2)c(C)c1C(=O)OC. The molecular formula is C17H20O5S. The Bertz CT molecular complexity index is 788. The van der Waals surface area contributed by atoms with Crippen LogP contribution in [0.15, 0.2) is 39.6 Å². The van der Waals surface area contributed by atoms with E-state index in [1.807, 2.05) is 6.92 Å². The van der Waals surface area contributed by atoms with Crippen molar-refractivity contribution in [3.05, 3.63) is 53.0 Å². The maximum absolute atomic E-state index is 12.5. The standard InChI is InChI=1S/C17H20O5S/c1-4-8-14-16(17(18)21-3)12(2)15(22-14)11-23(19,20)13-9-6-5-7-10-13/h5-7,9-10H,4,8,11H2,1-3H3. The minimum atomic E-state index is -3.53. The molecule has 1 aromatic heterocycles. The molecule has 23 heavy (non-hydrogen) atoms. The van der Waals surface area contributed by atoms with Gasteiger partial charge in [-0.3, -0.25) is 0 Å². The van der Waals surface area contributed by atoms with Crippen molar-refractivity contribution < 1.29 is 22.4 Å². The Morgan fingerprint density at radius 1 is 1.17 bits per heavy atom. The summed E-state index contributed by atoms with van der Waals surface area (Å²) in [5.41, 5.74) is 0.868. The summed E-state index contributed by atoms with van der Waals surface area (Å²) in [5, 5.41) is 0. The zero-order valence-corrected chi connectivity index (χ0v) is 14.3. The molecule has 124 valence electrons. The normalized spacial score (nSPS) is 11.4. The summed E-state index contributed by atoms with van der Waals surface area (Å²) in [6.45, 7) is 3.64. The second kappa shape index (κ2) is 7.00. The monoisotopic (exact) mass is 336 g/mol. The Labute approximate surface area is 136 Å². The number of benzene rings is 1. The molecule has 0 bridgehead atoms. The van der Waals surface area contributed by atoms with Crippen molar-refractivity contribution in [1.82, 2.24) is 0 Å². The molecule has 0 fully saturated rings. The lowest BCUT2D eigenvalue weighted by Gasteiger charge is -2.03. The molecule has 0 radical (unpaired) electrons. The highest BCUT2D eigenvalue weighted by Gasteiger charge is 2.26. The van der Waals surface area contributed by atoms with Gasteiger partial charge in [0.05, 0.1) is 12.0 Å². The first-order valence-electron chi connectivity index (χ1n) is 7.38. The van der Waals surface area contributed by atoms with Crippen molar-refractivity contribution in [2.24, 2.45) is 0 Å². The summed E-state index contributed by atoms with van der Waals surface area (Å²) in [5.74, 6) is -0.0119. The van der Waals surface area contributed by atoms with Gasteiger partial charge in [0.2, 0.25) is 0 Å². The zero-order valence-electron chi connectivity index (χ0n) is 13.5. The number of rotatable bonds is 6. The van der Waals surface area contributed by atoms with Gasteiger partial charge in [0, 0.05) is 12.0 Å². The third-order valence-corrected chi connectivity index (χ3v) is 5.24. The Balaban J connectivity index is 2.43. The number of esters is 1. The zero-order chi connectivity index (χ0) is 17.0. The minimum Gasteiger partial charge on any atom is -0.465 e. The fourth-order valence-corrected chi connectivity index (χ4v) is 3.78. The molecule has 6 heteroatoms. The molecule has 0 N–H and O–H groups in total. The van der Waals surface area contributed by atoms with Crippen LogP contribution < -0.4 is 0 Å². The number of methoxy groups -OCH3 is 1. The van der Waals surface area contributed by atoms with Crippen LogP contribution in [0.5, 0.6) is 0 Å². The van der Waals surface area contributed by atoms with Crippen molar-refractivity contribution in [2.45, 2.75) is 37.3 Å². The van der Waals surface area contributed by atoms with Gasteiger partial charge in [0.1, 0.15) is 22.8 Å². The highest BCUT2D eigenvalue weighted by molar-refractivity contribution is 7.90. The molecule has 0 aliphatic carbocycles. The summed E-state index contributed by atoms with van der Waals surface area (Å²) in [6.07, 6.45) is 1.33. The molecule has 1 aromatic carbocycles. The lowest BCUT2D eigenvalue weighted by molar-refractivity contribution is 0.0597. The number of hydrogen-bond donors (Lipinski definition) is 0. The molecule has 0 spiro atoms. The van der Waals surface area contributed by atoms with E-state index in [4.69, 9.17) is 9.15 Å². The number of carbonyl (C=O) groups is 1. The Hall–Kier alpha value is -2.08. The van der Waals surface area contributed by atoms with Gasteiger partial charge in [-0.1, -0.05) is 25.1 Å². The third kappa shape index (κ3) is 3.64. The van der Waals surface area contributed by atoms with Gasteiger partial charge >= 0.3 is 5.97 Å². The lowest BCUT2D eigenvalue weighted by atomic mass is 10.1. The molecular weight excluding hydrogens is 316 g/mol. The Morgan fingerprint density at radius 2 is 1.83 bits per heavy atom. The van der Waals surface area contributed by atoms with E-state index in [2.05, 4.69) is 0 Å². The number of furan rings is 1. The molecule has 1 heterocycles. The smallest absolute Gasteiger partial charge is 0.341 e. The topological polar surface area (TPSA) is 73.6 Å². The van der Waals surface area contributed by atoms with E-state index in [9.17, 15) is 13.2 Å². The van der Waals surface area contributed by atoms with Crippen LogP contribution in [0.1, 0.15) is 40.8 Å². The van der Waals surface area contributed by atoms with Gasteiger partial charge in [-0.25, -0.2) is 13.2 Å². The van der Waals surface area contributed by atoms with Crippen molar-refractivity contribution >= 4 is 15.8 Å². The van der Waals surface area contributed by atoms with Crippen LogP contribution in [0, 0.1) is 6.92 Å². The van der Waals surface area contributed by atoms with E-state index in [0.29, 0.717) is 23.3 Å². The minimum absolute atomic E-state index is 0.229. The molecule has 2 rings (SSSR count). The number of hydrogen-bond acceptors (Lipinski definition) is 5. The van der Waals surface area contributed by atoms with Crippen LogP contribution in [0.3, 0.4) is 0 Å². The average molecular weight is 336 g/mol. The molecule has 0 atom stereocenters. The van der Waals surface area contributed by atoms with Crippen LogP contribution in [-0.2, 0) is 26.7 Å². The highest BCUT2D eigenvalue weighted by atomic mass is 32.2. The van der Waals surface area contributed by atoms with Gasteiger partial charge in [-0.15, -0.1) is 0 Å². The van der Waals surface area contributed by atoms with Crippen molar-refractivity contribution in [3.63, 3.8) is 0 Å². The number of sulfone groups is 1. The van der Waals surface area contributed by atoms with Crippen LogP contribution >= 0.6 is 0 Å². The highest BCUT2D eigenvalue weighted by Crippen LogP contribution is 2.27. The molecule has 0 aliphatic heterocycles. The number of carbonyl (C=O) groups excluding carboxylic acids is 1. The van der Waals surface area contributed by atoms with Gasteiger partial charge in [-0.05, 0) is 25.5 Å². The molecule has 0 saturated carbocycles. The summed E-state index contributed by atoms with van der Waals surface area (Å²) in [4.78, 5) is 12.2. The van der Waals surface area contributed by atoms with Crippen molar-refractivity contribution in [2.75, 3.05) is 7.11 Å². The molecule has 5 nitrogen and oxygen atoms in total. The van der Waals surface area contributed by atoms with E-state index in [1.54, 1.807) is 37.3 Å². The van der Waals surface area contributed by atoms with E-state index < -0.39 is 15.8 Å². The van der Waals surface area contributed by atoms with Gasteiger partial charge < -0.3 is 9.15 Å². The quantitative estimate of drug-likeness (QED) is 0.757. The van der Waals surface area contributed by atoms with E-state index in [0.717, 1.165) is 6.42 Å². The van der Waals surface area contributed by atoms with Crippen molar-refractivity contribution in [1.29, 1.82) is 0 Å². The van der Waals surface area contributed by atoms with Gasteiger partial charge in [0.25, 0.3) is 0 Å². The van der Waals surface area contributed by atoms with E-state index in [-0.39, 0.29) is 16.4 Å². The maximum atomic E-state index is 12.5. The summed E-state index contributed by atoms with van der Waals surface area (Å²) in [7, 11) is -2.24. The summed E-state index contributed by atoms with van der Waals surface area (Å²) >= 11 is 0. The first-order chi connectivity index (χ1) is 10.9. The fraction of sp³-hybridized carbons (Fsp3) is 0.353. The van der Waals surface area contributed by atoms with Crippen LogP contribution in [0.4, 0.5) is 0 Å². The third-order valence-electron chi connectivity index (χ3n) is 3.61. The first kappa shape index (κ1) is 17.3. The summed E-state index contributed by atoms with van der Waals surface area (Å²) < 4.78 is 35.5. The van der Waals surface area contributed by atoms with Crippen LogP contribution in [0.25, 0.3) is 0 Å². The second-order valence-electron chi connectivity index (χ2n) is 5.26. The van der Waals surface area contributed by atoms with Crippen LogP contribution in [0.2, 0.25) is 0 Å². The van der Waals surface area contributed by atoms with Gasteiger partial charge in [0.15, 0.2) is 9.84 Å². The predicted octanol–water partition coefficient (Wildman–Crippen LogP) is 3.30. The number of aryl methyl sites for hydroxylation is 1. The molecule has 0 saturated heterocycles. The van der Waals surface area contributed by atoms with E-state index >= 15 is 0 Å². The fourth-order valence-electron chi connectivity index (χ4n) is 2.42. The number of ether oxygens (including phenoxy) is 1. The van der Waals surface area contributed by atoms with Gasteiger partial charge in [-0.2, -0.15) is 0 Å². The largest absolute Gasteiger partial charge is 0.465 e. The second-order valence-corrected chi connectivity index (χ2v) is 7.25. The lowest BCUT2D eigenvalue weighted by Crippen LogP contribution is -2.07. The predicted molar refractivity (Wildman–Crippen MR) is 86.1 cm³/mol. The van der Waals surface area contributed by atoms with Crippen molar-refractivity contribution in [3.8, 4) is 0 Å². The molecule has 2 aromatic rings. The van der Waals surface area contributed by atoms with Crippen LogP contribution in [-0.4, -0.2) is 21.5 Å². The Morgan fingerprint density at radius 3 is 2.39 bits per heavy atom. The average Bonchev–Trinajstić information content (AvgIpc) is 2.83.